The van der Waals surface area contributed by atoms with E-state index in [0.29, 0.717) is 24.0 Å². The van der Waals surface area contributed by atoms with Crippen LogP contribution in [0.5, 0.6) is 0 Å². The van der Waals surface area contributed by atoms with Crippen LogP contribution in [0.25, 0.3) is 0 Å². The summed E-state index contributed by atoms with van der Waals surface area (Å²) in [6.45, 7) is 5.08. The summed E-state index contributed by atoms with van der Waals surface area (Å²) in [5.41, 5.74) is 6.57. The summed E-state index contributed by atoms with van der Waals surface area (Å²) in [5, 5.41) is 7.11. The van der Waals surface area contributed by atoms with Crippen LogP contribution in [-0.2, 0) is 13.6 Å². The summed E-state index contributed by atoms with van der Waals surface area (Å²) in [7, 11) is 1.91. The third-order valence-corrected chi connectivity index (χ3v) is 3.61. The predicted molar refractivity (Wildman–Crippen MR) is 79.7 cm³/mol. The van der Waals surface area contributed by atoms with E-state index in [1.807, 2.05) is 17.8 Å². The number of rotatable bonds is 6. The van der Waals surface area contributed by atoms with Crippen LogP contribution in [-0.4, -0.2) is 22.2 Å². The first kappa shape index (κ1) is 15.3. The molecule has 1 unspecified atom stereocenters. The number of nitrogens with zero attached hydrogens (tertiary/aromatic N) is 2. The molecule has 0 fully saturated rings. The van der Waals surface area contributed by atoms with Crippen LogP contribution >= 0.6 is 0 Å². The molecule has 6 heteroatoms. The van der Waals surface area contributed by atoms with Crippen LogP contribution in [0, 0.1) is 5.92 Å². The van der Waals surface area contributed by atoms with Crippen molar-refractivity contribution in [2.24, 2.45) is 18.7 Å². The molecule has 3 N–H and O–H groups in total. The van der Waals surface area contributed by atoms with Gasteiger partial charge in [0.25, 0.3) is 5.91 Å². The number of aromatic nitrogens is 2. The first-order valence-electron chi connectivity index (χ1n) is 7.07. The van der Waals surface area contributed by atoms with Gasteiger partial charge in [-0.3, -0.25) is 9.48 Å². The minimum Gasteiger partial charge on any atom is -0.455 e. The van der Waals surface area contributed by atoms with Gasteiger partial charge in [0.05, 0.1) is 6.54 Å². The topological polar surface area (TPSA) is 86.1 Å². The maximum Gasteiger partial charge on any atom is 0.287 e. The first-order valence-corrected chi connectivity index (χ1v) is 7.07. The van der Waals surface area contributed by atoms with Crippen LogP contribution in [0.15, 0.2) is 28.8 Å². The van der Waals surface area contributed by atoms with E-state index in [4.69, 9.17) is 10.2 Å². The Kier molecular flexibility index (Phi) is 4.80. The Bertz CT molecular complexity index is 600. The molecule has 2 aromatic rings. The lowest BCUT2D eigenvalue weighted by Crippen LogP contribution is -2.31. The minimum atomic E-state index is -0.220. The molecule has 0 spiro atoms. The van der Waals surface area contributed by atoms with Crippen molar-refractivity contribution < 1.29 is 9.21 Å². The largest absolute Gasteiger partial charge is 0.455 e. The Morgan fingerprint density at radius 3 is 2.71 bits per heavy atom. The fraction of sp³-hybridized carbons (Fsp3) is 0.467. The lowest BCUT2D eigenvalue weighted by Gasteiger charge is -2.21. The molecule has 6 nitrogen and oxygen atoms in total. The van der Waals surface area contributed by atoms with Crippen molar-refractivity contribution in [3.8, 4) is 0 Å². The fourth-order valence-electron chi connectivity index (χ4n) is 2.33. The minimum absolute atomic E-state index is 0.199. The number of hydrogen-bond acceptors (Lipinski definition) is 4. The summed E-state index contributed by atoms with van der Waals surface area (Å²) in [5.74, 6) is 1.26. The lowest BCUT2D eigenvalue weighted by molar-refractivity contribution is 0.0919. The van der Waals surface area contributed by atoms with E-state index in [2.05, 4.69) is 24.3 Å². The maximum absolute atomic E-state index is 12.1. The van der Waals surface area contributed by atoms with Crippen LogP contribution in [0.2, 0.25) is 0 Å². The number of carbonyl (C=O) groups is 1. The average Bonchev–Trinajstić information content (AvgIpc) is 3.08. The van der Waals surface area contributed by atoms with Crippen molar-refractivity contribution in [1.82, 2.24) is 15.1 Å². The molecule has 0 aliphatic heterocycles. The quantitative estimate of drug-likeness (QED) is 0.847. The highest BCUT2D eigenvalue weighted by atomic mass is 16.4. The summed E-state index contributed by atoms with van der Waals surface area (Å²) in [4.78, 5) is 12.1. The molecule has 0 aliphatic rings. The summed E-state index contributed by atoms with van der Waals surface area (Å²) >= 11 is 0. The molecule has 21 heavy (non-hydrogen) atoms. The Morgan fingerprint density at radius 1 is 1.43 bits per heavy atom. The molecule has 0 aromatic carbocycles. The standard InChI is InChI=1S/C15H22N4O2/c1-10(2)12(13-6-7-18-19(13)3)9-17-15(20)14-5-4-11(8-16)21-14/h4-7,10,12H,8-9,16H2,1-3H3,(H,17,20). The fourth-order valence-corrected chi connectivity index (χ4v) is 2.33. The van der Waals surface area contributed by atoms with Crippen LogP contribution in [0.3, 0.4) is 0 Å². The van der Waals surface area contributed by atoms with E-state index in [-0.39, 0.29) is 18.4 Å². The zero-order chi connectivity index (χ0) is 15.4. The molecule has 1 amide bonds. The van der Waals surface area contributed by atoms with E-state index < -0.39 is 0 Å². The lowest BCUT2D eigenvalue weighted by atomic mass is 9.92. The maximum atomic E-state index is 12.1. The summed E-state index contributed by atoms with van der Waals surface area (Å²) in [6.07, 6.45) is 1.77. The number of furan rings is 1. The molecule has 2 rings (SSSR count). The van der Waals surface area contributed by atoms with Crippen LogP contribution < -0.4 is 11.1 Å². The zero-order valence-electron chi connectivity index (χ0n) is 12.7. The second kappa shape index (κ2) is 6.58. The van der Waals surface area contributed by atoms with Crippen molar-refractivity contribution in [1.29, 1.82) is 0 Å². The van der Waals surface area contributed by atoms with E-state index in [0.717, 1.165) is 5.69 Å². The molecular weight excluding hydrogens is 268 g/mol. The molecule has 2 heterocycles. The van der Waals surface area contributed by atoms with Gasteiger partial charge in [0.2, 0.25) is 0 Å². The third kappa shape index (κ3) is 3.52. The van der Waals surface area contributed by atoms with Crippen molar-refractivity contribution in [3.05, 3.63) is 41.6 Å². The number of amides is 1. The Balaban J connectivity index is 2.02. The Labute approximate surface area is 124 Å². The SMILES string of the molecule is CC(C)C(CNC(=O)c1ccc(CN)o1)c1ccnn1C. The second-order valence-corrected chi connectivity index (χ2v) is 5.41. The van der Waals surface area contributed by atoms with Crippen molar-refractivity contribution in [2.75, 3.05) is 6.54 Å². The number of hydrogen-bond donors (Lipinski definition) is 2. The molecule has 1 atom stereocenters. The van der Waals surface area contributed by atoms with E-state index in [1.165, 1.54) is 0 Å². The molecule has 0 aliphatic carbocycles. The van der Waals surface area contributed by atoms with E-state index in [1.54, 1.807) is 18.3 Å². The van der Waals surface area contributed by atoms with E-state index in [9.17, 15) is 4.79 Å². The van der Waals surface area contributed by atoms with Gasteiger partial charge in [-0.2, -0.15) is 5.10 Å². The van der Waals surface area contributed by atoms with Gasteiger partial charge in [-0.15, -0.1) is 0 Å². The van der Waals surface area contributed by atoms with Gasteiger partial charge in [-0.05, 0) is 24.1 Å². The molecule has 2 aromatic heterocycles. The summed E-state index contributed by atoms with van der Waals surface area (Å²) < 4.78 is 7.19. The van der Waals surface area contributed by atoms with Crippen molar-refractivity contribution in [3.63, 3.8) is 0 Å². The highest BCUT2D eigenvalue weighted by Crippen LogP contribution is 2.23. The third-order valence-electron chi connectivity index (χ3n) is 3.61. The van der Waals surface area contributed by atoms with Crippen molar-refractivity contribution in [2.45, 2.75) is 26.3 Å². The van der Waals surface area contributed by atoms with Gasteiger partial charge >= 0.3 is 0 Å². The van der Waals surface area contributed by atoms with Gasteiger partial charge in [0, 0.05) is 31.4 Å². The van der Waals surface area contributed by atoms with Gasteiger partial charge in [-0.25, -0.2) is 0 Å². The average molecular weight is 290 g/mol. The highest BCUT2D eigenvalue weighted by molar-refractivity contribution is 5.91. The van der Waals surface area contributed by atoms with Gasteiger partial charge in [0.15, 0.2) is 5.76 Å². The monoisotopic (exact) mass is 290 g/mol. The van der Waals surface area contributed by atoms with Crippen molar-refractivity contribution >= 4 is 5.91 Å². The first-order chi connectivity index (χ1) is 10.0. The molecule has 0 bridgehead atoms. The second-order valence-electron chi connectivity index (χ2n) is 5.41. The van der Waals surface area contributed by atoms with Gasteiger partial charge in [-0.1, -0.05) is 13.8 Å². The van der Waals surface area contributed by atoms with Crippen LogP contribution in [0.1, 0.15) is 41.8 Å². The van der Waals surface area contributed by atoms with E-state index >= 15 is 0 Å². The Morgan fingerprint density at radius 2 is 2.19 bits per heavy atom. The molecule has 0 saturated heterocycles. The number of nitrogens with one attached hydrogen (secondary N) is 1. The molecule has 0 saturated carbocycles. The normalized spacial score (nSPS) is 12.6. The smallest absolute Gasteiger partial charge is 0.287 e. The molecule has 114 valence electrons. The Hall–Kier alpha value is -2.08. The van der Waals surface area contributed by atoms with Crippen LogP contribution in [0.4, 0.5) is 0 Å². The number of carbonyl (C=O) groups excluding carboxylic acids is 1. The molecular formula is C15H22N4O2. The summed E-state index contributed by atoms with van der Waals surface area (Å²) in [6, 6.07) is 5.35. The predicted octanol–water partition coefficient (Wildman–Crippen LogP) is 1.64. The highest BCUT2D eigenvalue weighted by Gasteiger charge is 2.20. The zero-order valence-corrected chi connectivity index (χ0v) is 12.7. The molecule has 0 radical (unpaired) electrons. The van der Waals surface area contributed by atoms with Gasteiger partial charge in [0.1, 0.15) is 5.76 Å². The number of nitrogens with two attached hydrogens (primary N) is 1. The van der Waals surface area contributed by atoms with Gasteiger partial charge < -0.3 is 15.5 Å². The number of aryl methyl sites for hydroxylation is 1.